The molecule has 10 heteroatoms. The van der Waals surface area contributed by atoms with E-state index in [1.54, 1.807) is 29.0 Å². The fourth-order valence-corrected chi connectivity index (χ4v) is 3.76. The maximum Gasteiger partial charge on any atom is 0.268 e. The first-order valence-electron chi connectivity index (χ1n) is 8.64. The Kier molecular flexibility index (Phi) is 6.24. The van der Waals surface area contributed by atoms with E-state index >= 15 is 0 Å². The van der Waals surface area contributed by atoms with Crippen molar-refractivity contribution in [1.29, 1.82) is 5.26 Å². The zero-order valence-electron chi connectivity index (χ0n) is 15.0. The molecule has 2 aromatic rings. The third-order valence-corrected chi connectivity index (χ3v) is 5.60. The predicted molar refractivity (Wildman–Crippen MR) is 106 cm³/mol. The van der Waals surface area contributed by atoms with Crippen molar-refractivity contribution in [3.8, 4) is 6.07 Å². The number of hydrogen-bond donors (Lipinski definition) is 1. The second-order valence-corrected chi connectivity index (χ2v) is 7.90. The molecule has 3 rings (SSSR count). The summed E-state index contributed by atoms with van der Waals surface area (Å²) in [5, 5.41) is 12.0. The maximum absolute atomic E-state index is 13.5. The molecule has 0 bridgehead atoms. The Morgan fingerprint density at radius 1 is 1.38 bits per heavy atom. The molecule has 0 unspecified atom stereocenters. The summed E-state index contributed by atoms with van der Waals surface area (Å²) in [6.07, 6.45) is 0.899. The number of hydrogen-bond acceptors (Lipinski definition) is 3. The smallest absolute Gasteiger partial charge is 0.268 e. The Morgan fingerprint density at radius 3 is 2.79 bits per heavy atom. The summed E-state index contributed by atoms with van der Waals surface area (Å²) in [5.41, 5.74) is 1.16. The van der Waals surface area contributed by atoms with E-state index in [0.29, 0.717) is 21.7 Å². The summed E-state index contributed by atoms with van der Waals surface area (Å²) < 4.78 is 29.3. The van der Waals surface area contributed by atoms with Gasteiger partial charge in [0.25, 0.3) is 11.8 Å². The van der Waals surface area contributed by atoms with Crippen LogP contribution in [-0.4, -0.2) is 46.3 Å². The number of nitrogens with zero attached hydrogens (tertiary/aromatic N) is 3. The van der Waals surface area contributed by atoms with Crippen molar-refractivity contribution in [3.63, 3.8) is 0 Å². The van der Waals surface area contributed by atoms with Gasteiger partial charge in [-0.15, -0.1) is 0 Å². The fraction of sp³-hybridized carbons (Fsp3) is 0.316. The van der Waals surface area contributed by atoms with Crippen molar-refractivity contribution in [2.24, 2.45) is 0 Å². The second kappa shape index (κ2) is 8.51. The lowest BCUT2D eigenvalue weighted by atomic mass is 10.2. The van der Waals surface area contributed by atoms with Crippen molar-refractivity contribution < 1.29 is 18.4 Å². The highest BCUT2D eigenvalue weighted by Gasteiger charge is 2.47. The number of carbonyl (C=O) groups excluding carboxylic acids is 2. The standard InChI is InChI=1S/C19H16BrClF2N4O2/c20-16-5-13(10-26(16)9-12-3-1-2-4-15(12)21)18(29)25-8-17(28)27-11-19(22,23)6-14(27)7-24/h1-5,10,14H,6,8-9,11H2,(H,25,29)/t14-/m0/s1. The van der Waals surface area contributed by atoms with Crippen LogP contribution in [0, 0.1) is 11.3 Å². The van der Waals surface area contributed by atoms with E-state index in [4.69, 9.17) is 16.9 Å². The summed E-state index contributed by atoms with van der Waals surface area (Å²) in [6, 6.07) is 9.40. The van der Waals surface area contributed by atoms with Gasteiger partial charge in [-0.1, -0.05) is 29.8 Å². The molecular weight excluding hydrogens is 470 g/mol. The van der Waals surface area contributed by atoms with Crippen LogP contribution < -0.4 is 5.32 Å². The highest BCUT2D eigenvalue weighted by molar-refractivity contribution is 9.10. The zero-order valence-corrected chi connectivity index (χ0v) is 17.4. The van der Waals surface area contributed by atoms with Crippen LogP contribution >= 0.6 is 27.5 Å². The molecule has 1 N–H and O–H groups in total. The molecule has 6 nitrogen and oxygen atoms in total. The lowest BCUT2D eigenvalue weighted by Crippen LogP contribution is -2.42. The van der Waals surface area contributed by atoms with E-state index in [2.05, 4.69) is 21.2 Å². The zero-order chi connectivity index (χ0) is 21.2. The molecule has 2 heterocycles. The second-order valence-electron chi connectivity index (χ2n) is 6.68. The van der Waals surface area contributed by atoms with Gasteiger partial charge in [-0.2, -0.15) is 5.26 Å². The van der Waals surface area contributed by atoms with Crippen LogP contribution in [0.2, 0.25) is 5.02 Å². The van der Waals surface area contributed by atoms with Gasteiger partial charge in [-0.05, 0) is 33.6 Å². The van der Waals surface area contributed by atoms with Gasteiger partial charge < -0.3 is 14.8 Å². The van der Waals surface area contributed by atoms with Crippen LogP contribution in [0.15, 0.2) is 41.1 Å². The summed E-state index contributed by atoms with van der Waals surface area (Å²) in [7, 11) is 0. The molecule has 29 heavy (non-hydrogen) atoms. The largest absolute Gasteiger partial charge is 0.343 e. The molecule has 0 aliphatic carbocycles. The van der Waals surface area contributed by atoms with E-state index in [0.717, 1.165) is 10.5 Å². The molecule has 1 aromatic carbocycles. The molecule has 1 aromatic heterocycles. The van der Waals surface area contributed by atoms with Gasteiger partial charge in [-0.3, -0.25) is 9.59 Å². The number of carbonyl (C=O) groups is 2. The number of halogens is 4. The van der Waals surface area contributed by atoms with E-state index < -0.39 is 43.3 Å². The van der Waals surface area contributed by atoms with Gasteiger partial charge in [-0.25, -0.2) is 8.78 Å². The highest BCUT2D eigenvalue weighted by Crippen LogP contribution is 2.31. The highest BCUT2D eigenvalue weighted by atomic mass is 79.9. The van der Waals surface area contributed by atoms with E-state index in [9.17, 15) is 18.4 Å². The number of aromatic nitrogens is 1. The molecule has 1 aliphatic heterocycles. The minimum absolute atomic E-state index is 0.292. The third-order valence-electron chi connectivity index (χ3n) is 4.54. The lowest BCUT2D eigenvalue weighted by molar-refractivity contribution is -0.131. The maximum atomic E-state index is 13.5. The first kappa shape index (κ1) is 21.3. The van der Waals surface area contributed by atoms with Gasteiger partial charge in [0.2, 0.25) is 5.91 Å². The van der Waals surface area contributed by atoms with Crippen molar-refractivity contribution in [1.82, 2.24) is 14.8 Å². The Hall–Kier alpha value is -2.44. The number of alkyl halides is 2. The monoisotopic (exact) mass is 484 g/mol. The molecule has 0 radical (unpaired) electrons. The fourth-order valence-electron chi connectivity index (χ4n) is 3.09. The molecule has 0 spiro atoms. The topological polar surface area (TPSA) is 78.1 Å². The van der Waals surface area contributed by atoms with E-state index in [1.165, 1.54) is 0 Å². The molecular formula is C19H16BrClF2N4O2. The quantitative estimate of drug-likeness (QED) is 0.705. The SMILES string of the molecule is N#C[C@@H]1CC(F)(F)CN1C(=O)CNC(=O)c1cc(Br)n(Cc2ccccc2Cl)c1. The van der Waals surface area contributed by atoms with Crippen molar-refractivity contribution in [3.05, 3.63) is 57.3 Å². The Bertz CT molecular complexity index is 989. The number of benzene rings is 1. The van der Waals surface area contributed by atoms with Gasteiger partial charge in [0.05, 0.1) is 29.3 Å². The average Bonchev–Trinajstić information content (AvgIpc) is 3.20. The Balaban J connectivity index is 1.62. The Morgan fingerprint density at radius 2 is 2.10 bits per heavy atom. The van der Waals surface area contributed by atoms with Crippen LogP contribution in [0.1, 0.15) is 22.3 Å². The molecule has 1 saturated heterocycles. The van der Waals surface area contributed by atoms with Crippen molar-refractivity contribution in [2.45, 2.75) is 24.9 Å². The molecule has 1 aliphatic rings. The summed E-state index contributed by atoms with van der Waals surface area (Å²) >= 11 is 9.54. The minimum atomic E-state index is -3.10. The molecule has 1 fully saturated rings. The first-order chi connectivity index (χ1) is 13.7. The van der Waals surface area contributed by atoms with E-state index in [1.807, 2.05) is 18.2 Å². The van der Waals surface area contributed by atoms with Crippen LogP contribution in [0.5, 0.6) is 0 Å². The summed E-state index contributed by atoms with van der Waals surface area (Å²) in [6.45, 7) is -0.862. The van der Waals surface area contributed by atoms with Gasteiger partial charge in [0, 0.05) is 24.2 Å². The third kappa shape index (κ3) is 4.95. The number of nitrogens with one attached hydrogen (secondary N) is 1. The average molecular weight is 486 g/mol. The predicted octanol–water partition coefficient (Wildman–Crippen LogP) is 3.44. The molecule has 152 valence electrons. The molecule has 1 atom stereocenters. The van der Waals surface area contributed by atoms with Crippen LogP contribution in [0.25, 0.3) is 0 Å². The summed E-state index contributed by atoms with van der Waals surface area (Å²) in [5.74, 6) is -4.35. The Labute approximate surface area is 179 Å². The van der Waals surface area contributed by atoms with Crippen LogP contribution in [0.3, 0.4) is 0 Å². The van der Waals surface area contributed by atoms with Gasteiger partial charge in [0.15, 0.2) is 0 Å². The van der Waals surface area contributed by atoms with Gasteiger partial charge in [0.1, 0.15) is 6.04 Å². The van der Waals surface area contributed by atoms with Crippen molar-refractivity contribution in [2.75, 3.05) is 13.1 Å². The minimum Gasteiger partial charge on any atom is -0.343 e. The number of amides is 2. The van der Waals surface area contributed by atoms with Gasteiger partial charge >= 0.3 is 0 Å². The van der Waals surface area contributed by atoms with E-state index in [-0.39, 0.29) is 0 Å². The number of nitriles is 1. The lowest BCUT2D eigenvalue weighted by Gasteiger charge is -2.19. The van der Waals surface area contributed by atoms with Crippen LogP contribution in [-0.2, 0) is 11.3 Å². The molecule has 2 amide bonds. The van der Waals surface area contributed by atoms with Crippen LogP contribution in [0.4, 0.5) is 8.78 Å². The van der Waals surface area contributed by atoms with Crippen molar-refractivity contribution >= 4 is 39.3 Å². The summed E-state index contributed by atoms with van der Waals surface area (Å²) in [4.78, 5) is 25.4. The first-order valence-corrected chi connectivity index (χ1v) is 9.81. The number of rotatable bonds is 5. The normalized spacial score (nSPS) is 17.8. The molecule has 0 saturated carbocycles. The number of likely N-dealkylation sites (tertiary alicyclic amines) is 1.